The van der Waals surface area contributed by atoms with Crippen LogP contribution in [-0.2, 0) is 4.79 Å². The molecule has 1 aromatic carbocycles. The number of rotatable bonds is 12. The summed E-state index contributed by atoms with van der Waals surface area (Å²) in [5, 5.41) is 10.7. The lowest BCUT2D eigenvalue weighted by molar-refractivity contribution is -0.129. The zero-order valence-electron chi connectivity index (χ0n) is 19.0. The van der Waals surface area contributed by atoms with Crippen molar-refractivity contribution in [3.05, 3.63) is 65.3 Å². The quantitative estimate of drug-likeness (QED) is 0.390. The van der Waals surface area contributed by atoms with Crippen molar-refractivity contribution in [1.29, 1.82) is 0 Å². The second-order valence-electron chi connectivity index (χ2n) is 7.77. The van der Waals surface area contributed by atoms with Crippen LogP contribution in [0.15, 0.2) is 58.4 Å². The van der Waals surface area contributed by atoms with Crippen LogP contribution in [-0.4, -0.2) is 59.4 Å². The van der Waals surface area contributed by atoms with E-state index in [-0.39, 0.29) is 11.3 Å². The van der Waals surface area contributed by atoms with Crippen LogP contribution in [0.2, 0.25) is 0 Å². The Morgan fingerprint density at radius 1 is 1.16 bits per heavy atom. The largest absolute Gasteiger partial charge is 0.503 e. The van der Waals surface area contributed by atoms with E-state index in [9.17, 15) is 14.7 Å². The van der Waals surface area contributed by atoms with E-state index in [1.807, 2.05) is 24.3 Å². The fourth-order valence-corrected chi connectivity index (χ4v) is 3.87. The minimum Gasteiger partial charge on any atom is -0.503 e. The number of aliphatic hydroxyl groups is 1. The van der Waals surface area contributed by atoms with E-state index in [1.54, 1.807) is 11.0 Å². The van der Waals surface area contributed by atoms with Gasteiger partial charge in [-0.3, -0.25) is 9.59 Å². The lowest BCUT2D eigenvalue weighted by atomic mass is 9.95. The summed E-state index contributed by atoms with van der Waals surface area (Å²) >= 11 is 0. The number of ether oxygens (including phenoxy) is 1. The first-order valence-electron chi connectivity index (χ1n) is 11.3. The molecule has 1 aliphatic heterocycles. The molecule has 1 N–H and O–H groups in total. The molecule has 3 rings (SSSR count). The van der Waals surface area contributed by atoms with E-state index in [0.717, 1.165) is 37.2 Å². The van der Waals surface area contributed by atoms with Crippen molar-refractivity contribution in [1.82, 2.24) is 9.80 Å². The molecule has 7 heteroatoms. The molecule has 1 aliphatic rings. The second kappa shape index (κ2) is 11.0. The van der Waals surface area contributed by atoms with Gasteiger partial charge in [0.15, 0.2) is 11.5 Å². The van der Waals surface area contributed by atoms with Gasteiger partial charge in [0.25, 0.3) is 5.91 Å². The smallest absolute Gasteiger partial charge is 0.290 e. The van der Waals surface area contributed by atoms with Gasteiger partial charge in [-0.1, -0.05) is 39.3 Å². The van der Waals surface area contributed by atoms with Crippen molar-refractivity contribution in [3.8, 4) is 5.75 Å². The maximum Gasteiger partial charge on any atom is 0.290 e. The lowest BCUT2D eigenvalue weighted by Gasteiger charge is -2.29. The summed E-state index contributed by atoms with van der Waals surface area (Å²) in [6.45, 7) is 9.59. The van der Waals surface area contributed by atoms with Crippen LogP contribution in [0.4, 0.5) is 0 Å². The van der Waals surface area contributed by atoms with Crippen molar-refractivity contribution >= 4 is 11.7 Å². The molecule has 0 spiro atoms. The third-order valence-corrected chi connectivity index (χ3v) is 5.81. The molecule has 0 aliphatic carbocycles. The maximum absolute atomic E-state index is 13.2. The van der Waals surface area contributed by atoms with Crippen molar-refractivity contribution in [3.63, 3.8) is 0 Å². The number of carbonyl (C=O) groups excluding carboxylic acids is 2. The van der Waals surface area contributed by atoms with Gasteiger partial charge >= 0.3 is 0 Å². The van der Waals surface area contributed by atoms with Crippen molar-refractivity contribution in [2.45, 2.75) is 39.7 Å². The summed E-state index contributed by atoms with van der Waals surface area (Å²) in [5.41, 5.74) is 0.781. The molecule has 1 amide bonds. The number of furan rings is 1. The third kappa shape index (κ3) is 5.05. The molecule has 0 radical (unpaired) electrons. The zero-order valence-corrected chi connectivity index (χ0v) is 19.0. The summed E-state index contributed by atoms with van der Waals surface area (Å²) in [6, 6.07) is 9.81. The van der Waals surface area contributed by atoms with Crippen LogP contribution in [0.1, 0.15) is 55.8 Å². The van der Waals surface area contributed by atoms with Gasteiger partial charge < -0.3 is 24.1 Å². The normalized spacial score (nSPS) is 16.3. The number of amides is 1. The molecule has 32 heavy (non-hydrogen) atoms. The Hall–Kier alpha value is -3.06. The number of carbonyl (C=O) groups is 2. The summed E-state index contributed by atoms with van der Waals surface area (Å²) in [7, 11) is 0. The molecule has 1 atom stereocenters. The van der Waals surface area contributed by atoms with Gasteiger partial charge in [0, 0.05) is 13.1 Å². The minimum absolute atomic E-state index is 0.0455. The number of hydrogen-bond donors (Lipinski definition) is 1. The van der Waals surface area contributed by atoms with Crippen LogP contribution in [0, 0.1) is 0 Å². The molecular weight excluding hydrogens is 408 g/mol. The summed E-state index contributed by atoms with van der Waals surface area (Å²) in [6.07, 6.45) is 3.42. The van der Waals surface area contributed by atoms with Gasteiger partial charge in [-0.15, -0.1) is 0 Å². The molecule has 2 aromatic rings. The van der Waals surface area contributed by atoms with Crippen LogP contribution >= 0.6 is 0 Å². The first-order valence-corrected chi connectivity index (χ1v) is 11.3. The van der Waals surface area contributed by atoms with E-state index in [1.165, 1.54) is 12.3 Å². The Balaban J connectivity index is 1.92. The first kappa shape index (κ1) is 23.6. The van der Waals surface area contributed by atoms with E-state index in [0.29, 0.717) is 19.7 Å². The number of Topliss-reactive ketones (excluding diaryl/α,β-unsaturated/α-hetero) is 1. The molecule has 0 bridgehead atoms. The van der Waals surface area contributed by atoms with E-state index >= 15 is 0 Å². The van der Waals surface area contributed by atoms with Gasteiger partial charge in [0.05, 0.1) is 24.5 Å². The van der Waals surface area contributed by atoms with E-state index in [4.69, 9.17) is 9.15 Å². The van der Waals surface area contributed by atoms with Crippen LogP contribution < -0.4 is 4.74 Å². The fourth-order valence-electron chi connectivity index (χ4n) is 3.87. The lowest BCUT2D eigenvalue weighted by Crippen LogP contribution is -2.38. The Labute approximate surface area is 189 Å². The van der Waals surface area contributed by atoms with Crippen LogP contribution in [0.5, 0.6) is 5.75 Å². The van der Waals surface area contributed by atoms with Crippen molar-refractivity contribution < 1.29 is 23.8 Å². The summed E-state index contributed by atoms with van der Waals surface area (Å²) < 4.78 is 11.0. The van der Waals surface area contributed by atoms with Gasteiger partial charge in [-0.2, -0.15) is 0 Å². The van der Waals surface area contributed by atoms with Crippen LogP contribution in [0.3, 0.4) is 0 Å². The van der Waals surface area contributed by atoms with Crippen molar-refractivity contribution in [2.24, 2.45) is 0 Å². The number of unbranched alkanes of at least 4 members (excludes halogenated alkanes) is 1. The standard InChI is InChI=1S/C25H32N2O5/c1-4-7-16-31-19-12-10-18(11-13-19)22-21(23(28)20-9-8-17-32-20)24(29)25(30)27(22)15-14-26(5-2)6-3/h8-13,17,22,29H,4-7,14-16H2,1-3H3/t22-/m0/s1. The first-order chi connectivity index (χ1) is 15.5. The highest BCUT2D eigenvalue weighted by atomic mass is 16.5. The van der Waals surface area contributed by atoms with Gasteiger partial charge in [0.2, 0.25) is 5.78 Å². The highest BCUT2D eigenvalue weighted by Crippen LogP contribution is 2.39. The predicted octanol–water partition coefficient (Wildman–Crippen LogP) is 4.38. The molecule has 0 unspecified atom stereocenters. The highest BCUT2D eigenvalue weighted by molar-refractivity contribution is 6.15. The highest BCUT2D eigenvalue weighted by Gasteiger charge is 2.44. The topological polar surface area (TPSA) is 83.2 Å². The average molecular weight is 441 g/mol. The Bertz CT molecular complexity index is 930. The van der Waals surface area contributed by atoms with Crippen molar-refractivity contribution in [2.75, 3.05) is 32.8 Å². The number of hydrogen-bond acceptors (Lipinski definition) is 6. The Morgan fingerprint density at radius 3 is 2.47 bits per heavy atom. The Morgan fingerprint density at radius 2 is 1.88 bits per heavy atom. The van der Waals surface area contributed by atoms with Gasteiger partial charge in [-0.05, 0) is 49.3 Å². The fraction of sp³-hybridized carbons (Fsp3) is 0.440. The molecule has 1 aromatic heterocycles. The minimum atomic E-state index is -0.694. The summed E-state index contributed by atoms with van der Waals surface area (Å²) in [5.74, 6) is -0.721. The SMILES string of the molecule is CCCCOc1ccc([C@H]2C(C(=O)c3ccco3)=C(O)C(=O)N2CCN(CC)CC)cc1. The number of ketones is 1. The molecule has 7 nitrogen and oxygen atoms in total. The molecule has 0 fully saturated rings. The number of aliphatic hydroxyl groups excluding tert-OH is 1. The zero-order chi connectivity index (χ0) is 23.1. The monoisotopic (exact) mass is 440 g/mol. The molecule has 2 heterocycles. The maximum atomic E-state index is 13.2. The number of benzene rings is 1. The van der Waals surface area contributed by atoms with E-state index in [2.05, 4.69) is 25.7 Å². The third-order valence-electron chi connectivity index (χ3n) is 5.81. The van der Waals surface area contributed by atoms with Crippen LogP contribution in [0.25, 0.3) is 0 Å². The number of nitrogens with zero attached hydrogens (tertiary/aromatic N) is 2. The molecule has 172 valence electrons. The van der Waals surface area contributed by atoms with Gasteiger partial charge in [-0.25, -0.2) is 0 Å². The average Bonchev–Trinajstić information content (AvgIpc) is 3.43. The Kier molecular flexibility index (Phi) is 8.11. The summed E-state index contributed by atoms with van der Waals surface area (Å²) in [4.78, 5) is 29.9. The van der Waals surface area contributed by atoms with E-state index < -0.39 is 23.5 Å². The molecule has 0 saturated heterocycles. The number of likely N-dealkylation sites (N-methyl/N-ethyl adjacent to an activating group) is 1. The molecular formula is C25H32N2O5. The van der Waals surface area contributed by atoms with Gasteiger partial charge in [0.1, 0.15) is 5.75 Å². The predicted molar refractivity (Wildman–Crippen MR) is 122 cm³/mol. The molecule has 0 saturated carbocycles. The second-order valence-corrected chi connectivity index (χ2v) is 7.77.